The lowest BCUT2D eigenvalue weighted by molar-refractivity contribution is -0.143. The molecule has 0 atom stereocenters. The normalized spacial score (nSPS) is 19.6. The van der Waals surface area contributed by atoms with Crippen LogP contribution in [0.3, 0.4) is 0 Å². The Hall–Kier alpha value is -3.86. The third-order valence-electron chi connectivity index (χ3n) is 8.18. The minimum atomic E-state index is -0.799. The molecule has 6 rings (SSSR count). The Morgan fingerprint density at radius 1 is 0.952 bits per heavy atom. The number of benzene rings is 3. The number of nitrogens with one attached hydrogen (secondary N) is 1. The van der Waals surface area contributed by atoms with Crippen molar-refractivity contribution < 1.29 is 33.3 Å². The van der Waals surface area contributed by atoms with Crippen LogP contribution in [0, 0.1) is 17.6 Å². The molecule has 1 aromatic heterocycles. The van der Waals surface area contributed by atoms with E-state index in [1.165, 1.54) is 11.6 Å². The summed E-state index contributed by atoms with van der Waals surface area (Å²) in [7, 11) is 0. The molecule has 8 nitrogen and oxygen atoms in total. The number of likely N-dealkylation sites (tertiary alicyclic amines) is 1. The number of aliphatic hydroxyl groups is 1. The van der Waals surface area contributed by atoms with Crippen LogP contribution in [-0.4, -0.2) is 69.6 Å². The largest absolute Gasteiger partial charge is 0.481 e. The first-order valence-corrected chi connectivity index (χ1v) is 14.3. The van der Waals surface area contributed by atoms with Gasteiger partial charge in [0.05, 0.1) is 36.3 Å². The summed E-state index contributed by atoms with van der Waals surface area (Å²) < 4.78 is 42.1. The van der Waals surface area contributed by atoms with Crippen LogP contribution in [0.15, 0.2) is 54.6 Å². The van der Waals surface area contributed by atoms with Crippen LogP contribution < -0.4 is 4.74 Å². The number of aliphatic carboxylic acids is 1. The number of halogens is 2. The Kier molecular flexibility index (Phi) is 8.19. The van der Waals surface area contributed by atoms with Crippen molar-refractivity contribution in [3.8, 4) is 28.3 Å². The van der Waals surface area contributed by atoms with Crippen LogP contribution in [0.5, 0.6) is 6.01 Å². The molecular formula is C32H33F2N3O5. The Bertz CT molecular complexity index is 1540. The van der Waals surface area contributed by atoms with Crippen LogP contribution in [0.4, 0.5) is 8.78 Å². The minimum Gasteiger partial charge on any atom is -0.481 e. The fraction of sp³-hybridized carbons (Fsp3) is 0.375. The second kappa shape index (κ2) is 12.2. The quantitative estimate of drug-likeness (QED) is 0.232. The van der Waals surface area contributed by atoms with Crippen LogP contribution in [-0.2, 0) is 16.1 Å². The molecule has 2 fully saturated rings. The lowest BCUT2D eigenvalue weighted by Crippen LogP contribution is -2.51. The number of hydrogen-bond donors (Lipinski definition) is 3. The Balaban J connectivity index is 1.12. The molecule has 1 aliphatic heterocycles. The highest BCUT2D eigenvalue weighted by atomic mass is 19.1. The van der Waals surface area contributed by atoms with Crippen molar-refractivity contribution in [3.63, 3.8) is 0 Å². The first kappa shape index (κ1) is 28.3. The Morgan fingerprint density at radius 3 is 2.24 bits per heavy atom. The highest BCUT2D eigenvalue weighted by Gasteiger charge is 2.29. The number of aromatic amines is 1. The topological polar surface area (TPSA) is 108 Å². The van der Waals surface area contributed by atoms with Crippen LogP contribution in [0.1, 0.15) is 31.2 Å². The predicted molar refractivity (Wildman–Crippen MR) is 153 cm³/mol. The van der Waals surface area contributed by atoms with Gasteiger partial charge in [-0.1, -0.05) is 48.5 Å². The van der Waals surface area contributed by atoms with Crippen molar-refractivity contribution in [2.45, 2.75) is 44.4 Å². The number of carbonyl (C=O) groups is 1. The van der Waals surface area contributed by atoms with E-state index in [9.17, 15) is 9.90 Å². The van der Waals surface area contributed by atoms with E-state index in [-0.39, 0.29) is 47.3 Å². The highest BCUT2D eigenvalue weighted by molar-refractivity contribution is 5.84. The average Bonchev–Trinajstić information content (AvgIpc) is 3.37. The molecular weight excluding hydrogens is 544 g/mol. The number of ether oxygens (including phenoxy) is 2. The van der Waals surface area contributed by atoms with E-state index in [0.29, 0.717) is 37.9 Å². The van der Waals surface area contributed by atoms with Crippen LogP contribution in [0.2, 0.25) is 0 Å². The highest BCUT2D eigenvalue weighted by Crippen LogP contribution is 2.34. The number of rotatable bonds is 10. The van der Waals surface area contributed by atoms with E-state index in [4.69, 9.17) is 14.6 Å². The SMILES string of the molecule is O=C(O)[C@H]1CC[C@H](Oc2nc3c(F)c(-c4ccc(-c5ccc(CN6CC(OCCO)C6)cc5)cc4)c(F)cc3[nH]2)CC1. The van der Waals surface area contributed by atoms with Gasteiger partial charge in [0.25, 0.3) is 6.01 Å². The summed E-state index contributed by atoms with van der Waals surface area (Å²) in [5, 5.41) is 18.0. The number of hydrogen-bond acceptors (Lipinski definition) is 6. The van der Waals surface area contributed by atoms with Crippen molar-refractivity contribution in [1.29, 1.82) is 0 Å². The molecule has 2 heterocycles. The van der Waals surface area contributed by atoms with Crippen LogP contribution >= 0.6 is 0 Å². The maximum Gasteiger partial charge on any atom is 0.306 e. The summed E-state index contributed by atoms with van der Waals surface area (Å²) in [6.07, 6.45) is 2.10. The van der Waals surface area contributed by atoms with Gasteiger partial charge < -0.3 is 24.7 Å². The molecule has 3 aromatic carbocycles. The number of carboxylic acids is 1. The molecule has 4 aromatic rings. The lowest BCUT2D eigenvalue weighted by Gasteiger charge is -2.38. The average molecular weight is 578 g/mol. The zero-order chi connectivity index (χ0) is 29.2. The third kappa shape index (κ3) is 6.01. The standard InChI is InChI=1S/C32H33F2N3O5/c33-26-15-27-30(36-32(35-27)42-24-11-9-23(10-12-24)31(39)40)29(34)28(26)22-7-5-21(6-8-22)20-3-1-19(2-4-20)16-37-17-25(18-37)41-14-13-38/h1-8,15,23-25,38H,9-14,16-18H2,(H,35,36)(H,39,40)/t23-,24-. The number of imidazole rings is 1. The summed E-state index contributed by atoms with van der Waals surface area (Å²) in [4.78, 5) is 20.6. The van der Waals surface area contributed by atoms with E-state index >= 15 is 8.78 Å². The van der Waals surface area contributed by atoms with Crippen molar-refractivity contribution in [2.24, 2.45) is 5.92 Å². The van der Waals surface area contributed by atoms with E-state index in [0.717, 1.165) is 30.8 Å². The fourth-order valence-electron chi connectivity index (χ4n) is 5.83. The minimum absolute atomic E-state index is 0.00577. The van der Waals surface area contributed by atoms with Gasteiger partial charge in [-0.2, -0.15) is 4.98 Å². The van der Waals surface area contributed by atoms with E-state index in [2.05, 4.69) is 27.0 Å². The molecule has 1 saturated carbocycles. The first-order valence-electron chi connectivity index (χ1n) is 14.3. The molecule has 0 radical (unpaired) electrons. The van der Waals surface area contributed by atoms with Crippen molar-refractivity contribution in [1.82, 2.24) is 14.9 Å². The van der Waals surface area contributed by atoms with Gasteiger partial charge in [-0.05, 0) is 47.9 Å². The lowest BCUT2D eigenvalue weighted by atomic mass is 9.87. The predicted octanol–water partition coefficient (Wildman–Crippen LogP) is 5.39. The van der Waals surface area contributed by atoms with Gasteiger partial charge in [0.1, 0.15) is 17.4 Å². The fourth-order valence-corrected chi connectivity index (χ4v) is 5.83. The Labute approximate surface area is 241 Å². The van der Waals surface area contributed by atoms with Gasteiger partial charge in [-0.15, -0.1) is 0 Å². The number of H-pyrrole nitrogens is 1. The molecule has 0 bridgehead atoms. The maximum absolute atomic E-state index is 15.6. The van der Waals surface area contributed by atoms with Crippen molar-refractivity contribution in [2.75, 3.05) is 26.3 Å². The number of aliphatic hydroxyl groups excluding tert-OH is 1. The summed E-state index contributed by atoms with van der Waals surface area (Å²) >= 11 is 0. The van der Waals surface area contributed by atoms with Crippen LogP contribution in [0.25, 0.3) is 33.3 Å². The zero-order valence-electron chi connectivity index (χ0n) is 23.1. The zero-order valence-corrected chi connectivity index (χ0v) is 23.1. The second-order valence-electron chi connectivity index (χ2n) is 11.1. The monoisotopic (exact) mass is 577 g/mol. The van der Waals surface area contributed by atoms with E-state index in [1.807, 2.05) is 24.3 Å². The smallest absolute Gasteiger partial charge is 0.306 e. The maximum atomic E-state index is 15.6. The summed E-state index contributed by atoms with van der Waals surface area (Å²) in [5.74, 6) is -2.64. The van der Waals surface area contributed by atoms with Gasteiger partial charge in [-0.3, -0.25) is 9.69 Å². The summed E-state index contributed by atoms with van der Waals surface area (Å²) in [6.45, 7) is 2.94. The third-order valence-corrected chi connectivity index (χ3v) is 8.18. The molecule has 0 unspecified atom stereocenters. The molecule has 3 N–H and O–H groups in total. The Morgan fingerprint density at radius 2 is 1.60 bits per heavy atom. The molecule has 2 aliphatic rings. The molecule has 1 saturated heterocycles. The molecule has 10 heteroatoms. The van der Waals surface area contributed by atoms with Gasteiger partial charge in [0.2, 0.25) is 0 Å². The van der Waals surface area contributed by atoms with Gasteiger partial charge in [0, 0.05) is 25.7 Å². The summed E-state index contributed by atoms with van der Waals surface area (Å²) in [6, 6.07) is 16.6. The second-order valence-corrected chi connectivity index (χ2v) is 11.1. The van der Waals surface area contributed by atoms with Gasteiger partial charge in [-0.25, -0.2) is 8.78 Å². The molecule has 220 valence electrons. The number of aromatic nitrogens is 2. The van der Waals surface area contributed by atoms with E-state index in [1.54, 1.807) is 12.1 Å². The molecule has 0 amide bonds. The van der Waals surface area contributed by atoms with Gasteiger partial charge >= 0.3 is 5.97 Å². The van der Waals surface area contributed by atoms with E-state index < -0.39 is 17.6 Å². The first-order chi connectivity index (χ1) is 20.4. The van der Waals surface area contributed by atoms with Gasteiger partial charge in [0.15, 0.2) is 5.82 Å². The number of carboxylic acid groups (broad SMARTS) is 1. The summed E-state index contributed by atoms with van der Waals surface area (Å²) in [5.41, 5.74) is 3.56. The number of nitrogens with zero attached hydrogens (tertiary/aromatic N) is 2. The van der Waals surface area contributed by atoms with Crippen molar-refractivity contribution in [3.05, 3.63) is 71.8 Å². The number of fused-ring (bicyclic) bond motifs is 1. The molecule has 42 heavy (non-hydrogen) atoms. The molecule has 0 spiro atoms. The molecule has 1 aliphatic carbocycles. The van der Waals surface area contributed by atoms with Crippen molar-refractivity contribution >= 4 is 17.0 Å².